The molecule has 0 spiro atoms. The smallest absolute Gasteiger partial charge is 0.0494 e. The Bertz CT molecular complexity index is 293. The fourth-order valence-corrected chi connectivity index (χ4v) is 2.39. The lowest BCUT2D eigenvalue weighted by Gasteiger charge is -2.10. The number of rotatable bonds is 7. The average molecular weight is 233 g/mol. The van der Waals surface area contributed by atoms with Gasteiger partial charge in [-0.1, -0.05) is 31.0 Å². The Morgan fingerprint density at radius 2 is 1.88 bits per heavy atom. The SMILES string of the molecule is c1ccc(NCCCOCC2CCCC2)cc1. The highest BCUT2D eigenvalue weighted by atomic mass is 16.5. The van der Waals surface area contributed by atoms with Crippen LogP contribution in [0.4, 0.5) is 5.69 Å². The van der Waals surface area contributed by atoms with Gasteiger partial charge >= 0.3 is 0 Å². The summed E-state index contributed by atoms with van der Waals surface area (Å²) in [5.74, 6) is 0.845. The van der Waals surface area contributed by atoms with E-state index >= 15 is 0 Å². The zero-order valence-corrected chi connectivity index (χ0v) is 10.5. The average Bonchev–Trinajstić information content (AvgIpc) is 2.88. The third kappa shape index (κ3) is 4.78. The van der Waals surface area contributed by atoms with Gasteiger partial charge in [-0.25, -0.2) is 0 Å². The third-order valence-electron chi connectivity index (χ3n) is 3.40. The van der Waals surface area contributed by atoms with Crippen molar-refractivity contribution in [2.24, 2.45) is 5.92 Å². The lowest BCUT2D eigenvalue weighted by Crippen LogP contribution is -2.09. The van der Waals surface area contributed by atoms with Crippen LogP contribution in [0.25, 0.3) is 0 Å². The van der Waals surface area contributed by atoms with Crippen molar-refractivity contribution < 1.29 is 4.74 Å². The van der Waals surface area contributed by atoms with Crippen molar-refractivity contribution in [1.29, 1.82) is 0 Å². The summed E-state index contributed by atoms with van der Waals surface area (Å²) in [5, 5.41) is 3.39. The fourth-order valence-electron chi connectivity index (χ4n) is 2.39. The molecule has 94 valence electrons. The van der Waals surface area contributed by atoms with E-state index in [9.17, 15) is 0 Å². The van der Waals surface area contributed by atoms with Gasteiger partial charge in [0, 0.05) is 25.4 Å². The lowest BCUT2D eigenvalue weighted by molar-refractivity contribution is 0.101. The Kier molecular flexibility index (Phi) is 5.37. The predicted molar refractivity (Wildman–Crippen MR) is 72.3 cm³/mol. The van der Waals surface area contributed by atoms with E-state index < -0.39 is 0 Å². The largest absolute Gasteiger partial charge is 0.385 e. The molecule has 1 N–H and O–H groups in total. The molecule has 0 bridgehead atoms. The van der Waals surface area contributed by atoms with E-state index in [1.165, 1.54) is 31.4 Å². The van der Waals surface area contributed by atoms with Crippen LogP contribution in [0.5, 0.6) is 0 Å². The molecule has 0 saturated heterocycles. The van der Waals surface area contributed by atoms with Gasteiger partial charge in [-0.05, 0) is 37.3 Å². The van der Waals surface area contributed by atoms with Gasteiger partial charge < -0.3 is 10.1 Å². The second-order valence-electron chi connectivity index (χ2n) is 4.87. The Morgan fingerprint density at radius 3 is 2.65 bits per heavy atom. The lowest BCUT2D eigenvalue weighted by atomic mass is 10.1. The maximum Gasteiger partial charge on any atom is 0.0494 e. The van der Waals surface area contributed by atoms with E-state index in [4.69, 9.17) is 4.74 Å². The molecule has 0 atom stereocenters. The van der Waals surface area contributed by atoms with Gasteiger partial charge in [-0.15, -0.1) is 0 Å². The van der Waals surface area contributed by atoms with Crippen LogP contribution in [0, 0.1) is 5.92 Å². The molecule has 17 heavy (non-hydrogen) atoms. The van der Waals surface area contributed by atoms with Gasteiger partial charge in [-0.2, -0.15) is 0 Å². The first-order valence-electron chi connectivity index (χ1n) is 6.82. The molecule has 0 radical (unpaired) electrons. The second-order valence-corrected chi connectivity index (χ2v) is 4.87. The quantitative estimate of drug-likeness (QED) is 0.725. The van der Waals surface area contributed by atoms with Crippen LogP contribution in [0.2, 0.25) is 0 Å². The highest BCUT2D eigenvalue weighted by Gasteiger charge is 2.14. The monoisotopic (exact) mass is 233 g/mol. The summed E-state index contributed by atoms with van der Waals surface area (Å²) in [4.78, 5) is 0. The highest BCUT2D eigenvalue weighted by Crippen LogP contribution is 2.24. The molecule has 1 saturated carbocycles. The Morgan fingerprint density at radius 1 is 1.12 bits per heavy atom. The number of nitrogens with one attached hydrogen (secondary N) is 1. The number of benzene rings is 1. The van der Waals surface area contributed by atoms with Crippen LogP contribution >= 0.6 is 0 Å². The van der Waals surface area contributed by atoms with E-state index in [2.05, 4.69) is 29.6 Å². The van der Waals surface area contributed by atoms with Crippen LogP contribution in [0.3, 0.4) is 0 Å². The van der Waals surface area contributed by atoms with Gasteiger partial charge in [0.05, 0.1) is 0 Å². The summed E-state index contributed by atoms with van der Waals surface area (Å²) >= 11 is 0. The molecule has 0 unspecified atom stereocenters. The topological polar surface area (TPSA) is 21.3 Å². The minimum Gasteiger partial charge on any atom is -0.385 e. The number of para-hydroxylation sites is 1. The molecule has 1 aromatic rings. The van der Waals surface area contributed by atoms with Crippen LogP contribution in [-0.4, -0.2) is 19.8 Å². The van der Waals surface area contributed by atoms with Crippen molar-refractivity contribution in [3.63, 3.8) is 0 Å². The Balaban J connectivity index is 1.46. The van der Waals surface area contributed by atoms with Gasteiger partial charge in [0.1, 0.15) is 0 Å². The molecule has 2 rings (SSSR count). The fraction of sp³-hybridized carbons (Fsp3) is 0.600. The van der Waals surface area contributed by atoms with Gasteiger partial charge in [0.25, 0.3) is 0 Å². The normalized spacial score (nSPS) is 16.2. The van der Waals surface area contributed by atoms with Crippen LogP contribution < -0.4 is 5.32 Å². The molecular formula is C15H23NO. The molecule has 0 aromatic heterocycles. The van der Waals surface area contributed by atoms with E-state index in [1.807, 2.05) is 6.07 Å². The van der Waals surface area contributed by atoms with Crippen molar-refractivity contribution in [2.45, 2.75) is 32.1 Å². The van der Waals surface area contributed by atoms with Gasteiger partial charge in [0.15, 0.2) is 0 Å². The molecule has 0 amide bonds. The van der Waals surface area contributed by atoms with Crippen LogP contribution in [0.1, 0.15) is 32.1 Å². The Hall–Kier alpha value is -1.02. The summed E-state index contributed by atoms with van der Waals surface area (Å²) in [6, 6.07) is 10.3. The molecule has 2 heteroatoms. The maximum atomic E-state index is 5.72. The molecule has 0 heterocycles. The first-order valence-corrected chi connectivity index (χ1v) is 6.82. The van der Waals surface area contributed by atoms with Gasteiger partial charge in [0.2, 0.25) is 0 Å². The second kappa shape index (κ2) is 7.33. The number of hydrogen-bond acceptors (Lipinski definition) is 2. The minimum absolute atomic E-state index is 0.845. The number of anilines is 1. The summed E-state index contributed by atoms with van der Waals surface area (Å²) < 4.78 is 5.72. The summed E-state index contributed by atoms with van der Waals surface area (Å²) in [7, 11) is 0. The molecule has 1 aliphatic carbocycles. The molecule has 2 nitrogen and oxygen atoms in total. The van der Waals surface area contributed by atoms with Crippen molar-refractivity contribution >= 4 is 5.69 Å². The molecule has 1 aliphatic rings. The summed E-state index contributed by atoms with van der Waals surface area (Å²) in [5.41, 5.74) is 1.20. The van der Waals surface area contributed by atoms with E-state index in [0.29, 0.717) is 0 Å². The maximum absolute atomic E-state index is 5.72. The number of ether oxygens (including phenoxy) is 1. The van der Waals surface area contributed by atoms with E-state index in [1.54, 1.807) is 0 Å². The van der Waals surface area contributed by atoms with Crippen molar-refractivity contribution in [2.75, 3.05) is 25.1 Å². The summed E-state index contributed by atoms with van der Waals surface area (Å²) in [6.07, 6.45) is 6.65. The first kappa shape index (κ1) is 12.4. The van der Waals surface area contributed by atoms with Crippen LogP contribution in [0.15, 0.2) is 30.3 Å². The first-order chi connectivity index (χ1) is 8.45. The standard InChI is InChI=1S/C15H23NO/c1-2-9-15(10-3-1)16-11-6-12-17-13-14-7-4-5-8-14/h1-3,9-10,14,16H,4-8,11-13H2. The minimum atomic E-state index is 0.845. The van der Waals surface area contributed by atoms with Crippen molar-refractivity contribution in [3.8, 4) is 0 Å². The van der Waals surface area contributed by atoms with Crippen LogP contribution in [-0.2, 0) is 4.74 Å². The third-order valence-corrected chi connectivity index (χ3v) is 3.40. The molecular weight excluding hydrogens is 210 g/mol. The van der Waals surface area contributed by atoms with Crippen molar-refractivity contribution in [3.05, 3.63) is 30.3 Å². The zero-order chi connectivity index (χ0) is 11.8. The molecule has 0 aliphatic heterocycles. The van der Waals surface area contributed by atoms with E-state index in [-0.39, 0.29) is 0 Å². The van der Waals surface area contributed by atoms with Crippen molar-refractivity contribution in [1.82, 2.24) is 0 Å². The van der Waals surface area contributed by atoms with E-state index in [0.717, 1.165) is 32.1 Å². The summed E-state index contributed by atoms with van der Waals surface area (Å²) in [6.45, 7) is 2.86. The molecule has 1 aromatic carbocycles. The molecule has 1 fully saturated rings. The van der Waals surface area contributed by atoms with Gasteiger partial charge in [-0.3, -0.25) is 0 Å². The predicted octanol–water partition coefficient (Wildman–Crippen LogP) is 3.70. The highest BCUT2D eigenvalue weighted by molar-refractivity contribution is 5.42. The zero-order valence-electron chi connectivity index (χ0n) is 10.5. The Labute approximate surface area is 104 Å². The number of hydrogen-bond donors (Lipinski definition) is 1.